The molecule has 0 radical (unpaired) electrons. The number of carbonyl (C=O) groups excluding carboxylic acids is 1. The highest BCUT2D eigenvalue weighted by Gasteiger charge is 2.29. The lowest BCUT2D eigenvalue weighted by Gasteiger charge is -2.10. The minimum atomic E-state index is -4.40. The molecular weight excluding hydrogens is 359 g/mol. The quantitative estimate of drug-likeness (QED) is 0.715. The van der Waals surface area contributed by atoms with Crippen LogP contribution < -0.4 is 10.6 Å². The van der Waals surface area contributed by atoms with Gasteiger partial charge in [-0.1, -0.05) is 24.3 Å². The van der Waals surface area contributed by atoms with Crippen LogP contribution in [0.4, 0.5) is 23.7 Å². The molecule has 0 atom stereocenters. The van der Waals surface area contributed by atoms with Crippen LogP contribution in [-0.2, 0) is 19.3 Å². The molecule has 0 aliphatic carbocycles. The Kier molecular flexibility index (Phi) is 5.39. The molecule has 0 saturated carbocycles. The van der Waals surface area contributed by atoms with E-state index in [1.165, 1.54) is 18.5 Å². The Balaban J connectivity index is 1.53. The van der Waals surface area contributed by atoms with E-state index >= 15 is 0 Å². The topological polar surface area (TPSA) is 71.8 Å². The second-order valence-corrected chi connectivity index (χ2v) is 5.80. The van der Waals surface area contributed by atoms with Crippen LogP contribution >= 0.6 is 0 Å². The predicted octanol–water partition coefficient (Wildman–Crippen LogP) is 3.67. The largest absolute Gasteiger partial charge is 0.416 e. The number of alkyl halides is 3. The van der Waals surface area contributed by atoms with Gasteiger partial charge in [-0.25, -0.2) is 14.5 Å². The van der Waals surface area contributed by atoms with Gasteiger partial charge in [0, 0.05) is 12.2 Å². The normalized spacial score (nSPS) is 11.2. The van der Waals surface area contributed by atoms with Gasteiger partial charge in [0.2, 0.25) is 0 Å². The summed E-state index contributed by atoms with van der Waals surface area (Å²) in [6, 6.07) is 11.4. The molecule has 2 amide bonds. The van der Waals surface area contributed by atoms with E-state index in [0.717, 1.165) is 23.3 Å². The number of nitrogens with zero attached hydrogens (tertiary/aromatic N) is 3. The van der Waals surface area contributed by atoms with E-state index in [-0.39, 0.29) is 12.2 Å². The van der Waals surface area contributed by atoms with Gasteiger partial charge in [-0.05, 0) is 35.4 Å². The summed E-state index contributed by atoms with van der Waals surface area (Å²) in [6.07, 6.45) is -1.34. The van der Waals surface area contributed by atoms with E-state index in [2.05, 4.69) is 20.7 Å². The summed E-state index contributed by atoms with van der Waals surface area (Å²) >= 11 is 0. The van der Waals surface area contributed by atoms with Crippen LogP contribution in [0.25, 0.3) is 0 Å². The van der Waals surface area contributed by atoms with Crippen molar-refractivity contribution in [3.8, 4) is 0 Å². The first-order chi connectivity index (χ1) is 12.9. The van der Waals surface area contributed by atoms with Crippen LogP contribution in [0, 0.1) is 0 Å². The number of urea groups is 1. The van der Waals surface area contributed by atoms with E-state index < -0.39 is 17.8 Å². The summed E-state index contributed by atoms with van der Waals surface area (Å²) in [5, 5.41) is 9.21. The van der Waals surface area contributed by atoms with Crippen molar-refractivity contribution in [2.75, 3.05) is 5.32 Å². The molecule has 0 aliphatic rings. The number of anilines is 1. The van der Waals surface area contributed by atoms with E-state index in [1.54, 1.807) is 11.0 Å². The molecule has 0 bridgehead atoms. The molecule has 3 rings (SSSR count). The van der Waals surface area contributed by atoms with Gasteiger partial charge in [0.05, 0.1) is 12.1 Å². The van der Waals surface area contributed by atoms with Crippen molar-refractivity contribution < 1.29 is 18.0 Å². The first-order valence-electron chi connectivity index (χ1n) is 8.02. The zero-order chi connectivity index (χ0) is 19.3. The van der Waals surface area contributed by atoms with Crippen molar-refractivity contribution in [3.05, 3.63) is 77.9 Å². The Bertz CT molecular complexity index is 892. The van der Waals surface area contributed by atoms with E-state index in [0.29, 0.717) is 6.54 Å². The molecule has 0 spiro atoms. The highest BCUT2D eigenvalue weighted by atomic mass is 19.4. The maximum atomic E-state index is 12.5. The zero-order valence-electron chi connectivity index (χ0n) is 14.1. The summed E-state index contributed by atoms with van der Waals surface area (Å²) in [5.74, 6) is 0. The lowest BCUT2D eigenvalue weighted by molar-refractivity contribution is -0.137. The van der Waals surface area contributed by atoms with Crippen LogP contribution in [0.2, 0.25) is 0 Å². The third-order valence-electron chi connectivity index (χ3n) is 3.73. The van der Waals surface area contributed by atoms with Crippen molar-refractivity contribution >= 4 is 11.7 Å². The lowest BCUT2D eigenvalue weighted by Crippen LogP contribution is -2.28. The molecular formula is C18H16F3N5O. The van der Waals surface area contributed by atoms with E-state index in [1.807, 2.05) is 24.3 Å². The molecule has 140 valence electrons. The minimum absolute atomic E-state index is 0.275. The summed E-state index contributed by atoms with van der Waals surface area (Å²) in [4.78, 5) is 15.8. The second kappa shape index (κ2) is 7.90. The van der Waals surface area contributed by atoms with E-state index in [9.17, 15) is 18.0 Å². The van der Waals surface area contributed by atoms with Crippen LogP contribution in [0.1, 0.15) is 16.7 Å². The highest BCUT2D eigenvalue weighted by Crippen LogP contribution is 2.29. The Hall–Kier alpha value is -3.36. The monoisotopic (exact) mass is 375 g/mol. The molecule has 1 heterocycles. The fourth-order valence-electron chi connectivity index (χ4n) is 2.44. The summed E-state index contributed by atoms with van der Waals surface area (Å²) in [6.45, 7) is 0.837. The minimum Gasteiger partial charge on any atom is -0.334 e. The molecule has 0 aliphatic heterocycles. The molecule has 9 heteroatoms. The van der Waals surface area contributed by atoms with Gasteiger partial charge in [0.15, 0.2) is 0 Å². The van der Waals surface area contributed by atoms with E-state index in [4.69, 9.17) is 0 Å². The van der Waals surface area contributed by atoms with Crippen molar-refractivity contribution in [2.45, 2.75) is 19.3 Å². The Labute approximate surface area is 153 Å². The van der Waals surface area contributed by atoms with Crippen LogP contribution in [0.3, 0.4) is 0 Å². The number of benzene rings is 2. The number of nitrogens with one attached hydrogen (secondary N) is 2. The van der Waals surface area contributed by atoms with Gasteiger partial charge in [-0.2, -0.15) is 18.3 Å². The smallest absolute Gasteiger partial charge is 0.334 e. The number of amides is 2. The third-order valence-corrected chi connectivity index (χ3v) is 3.73. The maximum absolute atomic E-state index is 12.5. The summed E-state index contributed by atoms with van der Waals surface area (Å²) < 4.78 is 39.3. The molecule has 2 N–H and O–H groups in total. The highest BCUT2D eigenvalue weighted by molar-refractivity contribution is 5.89. The molecule has 6 nitrogen and oxygen atoms in total. The van der Waals surface area contributed by atoms with Gasteiger partial charge >= 0.3 is 12.2 Å². The van der Waals surface area contributed by atoms with Gasteiger partial charge in [-0.15, -0.1) is 0 Å². The SMILES string of the molecule is O=C(NCc1cccc(Cn2cncn2)c1)Nc1ccc(C(F)(F)F)cc1. The molecule has 0 fully saturated rings. The molecule has 2 aromatic carbocycles. The lowest BCUT2D eigenvalue weighted by atomic mass is 10.1. The predicted molar refractivity (Wildman–Crippen MR) is 92.9 cm³/mol. The number of hydrogen-bond donors (Lipinski definition) is 2. The molecule has 27 heavy (non-hydrogen) atoms. The standard InChI is InChI=1S/C18H16F3N5O/c19-18(20,21)15-4-6-16(7-5-15)25-17(27)23-9-13-2-1-3-14(8-13)10-26-12-22-11-24-26/h1-8,11-12H,9-10H2,(H2,23,25,27). The van der Waals surface area contributed by atoms with Crippen molar-refractivity contribution in [3.63, 3.8) is 0 Å². The van der Waals surface area contributed by atoms with Crippen molar-refractivity contribution in [1.29, 1.82) is 0 Å². The molecule has 0 saturated heterocycles. The average Bonchev–Trinajstić information content (AvgIpc) is 3.13. The van der Waals surface area contributed by atoms with Crippen molar-refractivity contribution in [1.82, 2.24) is 20.1 Å². The third kappa shape index (κ3) is 5.30. The first-order valence-corrected chi connectivity index (χ1v) is 8.02. The van der Waals surface area contributed by atoms with Crippen LogP contribution in [0.5, 0.6) is 0 Å². The fourth-order valence-corrected chi connectivity index (χ4v) is 2.44. The summed E-state index contributed by atoms with van der Waals surface area (Å²) in [7, 11) is 0. The Morgan fingerprint density at radius 1 is 1.07 bits per heavy atom. The maximum Gasteiger partial charge on any atom is 0.416 e. The Morgan fingerprint density at radius 2 is 1.81 bits per heavy atom. The number of hydrogen-bond acceptors (Lipinski definition) is 3. The molecule has 0 unspecified atom stereocenters. The van der Waals surface area contributed by atoms with Gasteiger partial charge in [-0.3, -0.25) is 0 Å². The fraction of sp³-hybridized carbons (Fsp3) is 0.167. The van der Waals surface area contributed by atoms with Crippen LogP contribution in [-0.4, -0.2) is 20.8 Å². The number of carbonyl (C=O) groups is 1. The second-order valence-electron chi connectivity index (χ2n) is 5.80. The molecule has 3 aromatic rings. The van der Waals surface area contributed by atoms with Gasteiger partial charge in [0.25, 0.3) is 0 Å². The number of rotatable bonds is 5. The van der Waals surface area contributed by atoms with Crippen molar-refractivity contribution in [2.24, 2.45) is 0 Å². The summed E-state index contributed by atoms with van der Waals surface area (Å²) in [5.41, 5.74) is 1.40. The Morgan fingerprint density at radius 3 is 2.48 bits per heavy atom. The first kappa shape index (κ1) is 18.4. The number of halogens is 3. The molecule has 1 aromatic heterocycles. The average molecular weight is 375 g/mol. The van der Waals surface area contributed by atoms with Gasteiger partial charge < -0.3 is 10.6 Å². The number of aromatic nitrogens is 3. The van der Waals surface area contributed by atoms with Crippen LogP contribution in [0.15, 0.2) is 61.2 Å². The van der Waals surface area contributed by atoms with Gasteiger partial charge in [0.1, 0.15) is 12.7 Å². The zero-order valence-corrected chi connectivity index (χ0v) is 14.1.